The van der Waals surface area contributed by atoms with E-state index in [1.165, 1.54) is 13.0 Å². The monoisotopic (exact) mass is 199 g/mol. The van der Waals surface area contributed by atoms with Crippen LogP contribution in [-0.2, 0) is 4.74 Å². The molecule has 2 aliphatic rings. The van der Waals surface area contributed by atoms with Crippen LogP contribution in [0.1, 0.15) is 32.6 Å². The summed E-state index contributed by atoms with van der Waals surface area (Å²) in [4.78, 5) is 2.41. The first-order valence-corrected chi connectivity index (χ1v) is 5.80. The van der Waals surface area contributed by atoms with E-state index in [2.05, 4.69) is 11.8 Å². The van der Waals surface area contributed by atoms with E-state index in [1.807, 2.05) is 0 Å². The SMILES string of the molecule is CCCOCC1(O)CCN2CCCC21. The van der Waals surface area contributed by atoms with Crippen LogP contribution in [0, 0.1) is 0 Å². The van der Waals surface area contributed by atoms with Crippen LogP contribution < -0.4 is 0 Å². The first-order valence-electron chi connectivity index (χ1n) is 5.80. The number of aliphatic hydroxyl groups is 1. The van der Waals surface area contributed by atoms with Crippen molar-refractivity contribution in [2.45, 2.75) is 44.2 Å². The highest BCUT2D eigenvalue weighted by molar-refractivity contribution is 5.02. The molecule has 2 saturated heterocycles. The van der Waals surface area contributed by atoms with Gasteiger partial charge in [0.15, 0.2) is 0 Å². The second-order valence-electron chi connectivity index (χ2n) is 4.60. The molecule has 0 radical (unpaired) electrons. The summed E-state index contributed by atoms with van der Waals surface area (Å²) in [6.07, 6.45) is 4.30. The minimum Gasteiger partial charge on any atom is -0.386 e. The summed E-state index contributed by atoms with van der Waals surface area (Å²) in [6.45, 7) is 5.62. The molecular weight excluding hydrogens is 178 g/mol. The van der Waals surface area contributed by atoms with Gasteiger partial charge in [0.1, 0.15) is 5.60 Å². The van der Waals surface area contributed by atoms with Crippen LogP contribution in [0.15, 0.2) is 0 Å². The van der Waals surface area contributed by atoms with Crippen LogP contribution in [0.4, 0.5) is 0 Å². The number of nitrogens with zero attached hydrogens (tertiary/aromatic N) is 1. The van der Waals surface area contributed by atoms with E-state index in [4.69, 9.17) is 4.74 Å². The summed E-state index contributed by atoms with van der Waals surface area (Å²) < 4.78 is 5.50. The molecule has 2 heterocycles. The van der Waals surface area contributed by atoms with Crippen LogP contribution in [0.3, 0.4) is 0 Å². The lowest BCUT2D eigenvalue weighted by Crippen LogP contribution is -2.45. The Bertz CT molecular complexity index is 198. The Morgan fingerprint density at radius 1 is 1.50 bits per heavy atom. The number of rotatable bonds is 4. The summed E-state index contributed by atoms with van der Waals surface area (Å²) in [5.74, 6) is 0. The zero-order valence-corrected chi connectivity index (χ0v) is 9.04. The molecule has 14 heavy (non-hydrogen) atoms. The lowest BCUT2D eigenvalue weighted by molar-refractivity contribution is -0.0609. The average molecular weight is 199 g/mol. The predicted octanol–water partition coefficient (Wildman–Crippen LogP) is 1.01. The van der Waals surface area contributed by atoms with Crippen LogP contribution >= 0.6 is 0 Å². The topological polar surface area (TPSA) is 32.7 Å². The first kappa shape index (κ1) is 10.4. The Kier molecular flexibility index (Phi) is 3.10. The molecule has 2 atom stereocenters. The van der Waals surface area contributed by atoms with Crippen molar-refractivity contribution >= 4 is 0 Å². The van der Waals surface area contributed by atoms with Gasteiger partial charge in [-0.1, -0.05) is 6.92 Å². The summed E-state index contributed by atoms with van der Waals surface area (Å²) in [6, 6.07) is 0.374. The normalized spacial score (nSPS) is 37.7. The van der Waals surface area contributed by atoms with Gasteiger partial charge >= 0.3 is 0 Å². The predicted molar refractivity (Wildman–Crippen MR) is 55.3 cm³/mol. The molecule has 0 bridgehead atoms. The molecule has 0 saturated carbocycles. The van der Waals surface area contributed by atoms with Crippen molar-refractivity contribution in [3.8, 4) is 0 Å². The van der Waals surface area contributed by atoms with E-state index in [0.717, 1.165) is 32.4 Å². The summed E-state index contributed by atoms with van der Waals surface area (Å²) >= 11 is 0. The molecule has 0 aromatic rings. The number of fused-ring (bicyclic) bond motifs is 1. The highest BCUT2D eigenvalue weighted by Gasteiger charge is 2.47. The highest BCUT2D eigenvalue weighted by atomic mass is 16.5. The minimum absolute atomic E-state index is 0.374. The van der Waals surface area contributed by atoms with Crippen LogP contribution in [0.5, 0.6) is 0 Å². The Labute approximate surface area is 86.0 Å². The fourth-order valence-corrected chi connectivity index (χ4v) is 2.77. The fraction of sp³-hybridized carbons (Fsp3) is 1.00. The van der Waals surface area contributed by atoms with Gasteiger partial charge in [-0.05, 0) is 32.2 Å². The van der Waals surface area contributed by atoms with Gasteiger partial charge in [-0.25, -0.2) is 0 Å². The lowest BCUT2D eigenvalue weighted by Gasteiger charge is -2.29. The van der Waals surface area contributed by atoms with E-state index >= 15 is 0 Å². The van der Waals surface area contributed by atoms with Gasteiger partial charge in [-0.3, -0.25) is 4.90 Å². The van der Waals surface area contributed by atoms with Crippen molar-refractivity contribution in [1.82, 2.24) is 4.90 Å². The largest absolute Gasteiger partial charge is 0.386 e. The van der Waals surface area contributed by atoms with Gasteiger partial charge in [-0.15, -0.1) is 0 Å². The Balaban J connectivity index is 1.88. The van der Waals surface area contributed by atoms with Crippen molar-refractivity contribution in [2.75, 3.05) is 26.3 Å². The quantitative estimate of drug-likeness (QED) is 0.686. The van der Waals surface area contributed by atoms with Crippen molar-refractivity contribution in [3.05, 3.63) is 0 Å². The molecule has 0 amide bonds. The summed E-state index contributed by atoms with van der Waals surface area (Å²) in [7, 11) is 0. The molecule has 0 spiro atoms. The molecule has 3 nitrogen and oxygen atoms in total. The Morgan fingerprint density at radius 2 is 2.36 bits per heavy atom. The maximum atomic E-state index is 10.4. The Morgan fingerprint density at radius 3 is 3.14 bits per heavy atom. The number of hydrogen-bond acceptors (Lipinski definition) is 3. The van der Waals surface area contributed by atoms with E-state index in [1.54, 1.807) is 0 Å². The van der Waals surface area contributed by atoms with Crippen LogP contribution in [0.2, 0.25) is 0 Å². The smallest absolute Gasteiger partial charge is 0.105 e. The maximum absolute atomic E-state index is 10.4. The lowest BCUT2D eigenvalue weighted by atomic mass is 9.94. The van der Waals surface area contributed by atoms with E-state index in [9.17, 15) is 5.11 Å². The third-order valence-electron chi connectivity index (χ3n) is 3.52. The number of ether oxygens (including phenoxy) is 1. The second-order valence-corrected chi connectivity index (χ2v) is 4.60. The van der Waals surface area contributed by atoms with E-state index in [-0.39, 0.29) is 0 Å². The zero-order chi connectivity index (χ0) is 10.0. The molecule has 0 aromatic heterocycles. The van der Waals surface area contributed by atoms with Gasteiger partial charge < -0.3 is 9.84 Å². The maximum Gasteiger partial charge on any atom is 0.105 e. The van der Waals surface area contributed by atoms with Crippen LogP contribution in [0.25, 0.3) is 0 Å². The zero-order valence-electron chi connectivity index (χ0n) is 9.04. The number of hydrogen-bond donors (Lipinski definition) is 1. The van der Waals surface area contributed by atoms with Gasteiger partial charge in [-0.2, -0.15) is 0 Å². The van der Waals surface area contributed by atoms with Crippen molar-refractivity contribution < 1.29 is 9.84 Å². The summed E-state index contributed by atoms with van der Waals surface area (Å²) in [5, 5.41) is 10.4. The summed E-state index contributed by atoms with van der Waals surface area (Å²) in [5.41, 5.74) is -0.550. The molecular formula is C11H21NO2. The average Bonchev–Trinajstić information content (AvgIpc) is 2.72. The molecule has 82 valence electrons. The molecule has 2 unspecified atom stereocenters. The first-order chi connectivity index (χ1) is 6.76. The molecule has 0 aliphatic carbocycles. The third-order valence-corrected chi connectivity index (χ3v) is 3.52. The van der Waals surface area contributed by atoms with E-state index < -0.39 is 5.60 Å². The molecule has 0 aromatic carbocycles. The third kappa shape index (κ3) is 1.81. The molecule has 2 fully saturated rings. The molecule has 1 N–H and O–H groups in total. The Hall–Kier alpha value is -0.120. The highest BCUT2D eigenvalue weighted by Crippen LogP contribution is 2.36. The molecule has 3 heteroatoms. The minimum atomic E-state index is -0.550. The van der Waals surface area contributed by atoms with Crippen molar-refractivity contribution in [2.24, 2.45) is 0 Å². The van der Waals surface area contributed by atoms with Crippen molar-refractivity contribution in [1.29, 1.82) is 0 Å². The van der Waals surface area contributed by atoms with Crippen LogP contribution in [-0.4, -0.2) is 48.0 Å². The molecule has 2 rings (SSSR count). The van der Waals surface area contributed by atoms with E-state index in [0.29, 0.717) is 12.6 Å². The van der Waals surface area contributed by atoms with Gasteiger partial charge in [0.25, 0.3) is 0 Å². The van der Waals surface area contributed by atoms with Gasteiger partial charge in [0.05, 0.1) is 6.61 Å². The fourth-order valence-electron chi connectivity index (χ4n) is 2.77. The van der Waals surface area contributed by atoms with Crippen molar-refractivity contribution in [3.63, 3.8) is 0 Å². The van der Waals surface area contributed by atoms with Gasteiger partial charge in [0.2, 0.25) is 0 Å². The van der Waals surface area contributed by atoms with Gasteiger partial charge in [0, 0.05) is 19.2 Å². The molecule has 2 aliphatic heterocycles. The second kappa shape index (κ2) is 4.17. The standard InChI is InChI=1S/C11H21NO2/c1-2-8-14-9-11(13)5-7-12-6-3-4-10(11)12/h10,13H,2-9H2,1H3.